The van der Waals surface area contributed by atoms with Crippen LogP contribution in [0.15, 0.2) is 4.99 Å². The largest absolute Gasteiger partial charge is 0.379 e. The van der Waals surface area contributed by atoms with Crippen molar-refractivity contribution in [2.75, 3.05) is 65.0 Å². The van der Waals surface area contributed by atoms with Crippen LogP contribution in [0.1, 0.15) is 19.3 Å². The molecule has 0 bridgehead atoms. The molecule has 0 spiro atoms. The van der Waals surface area contributed by atoms with E-state index >= 15 is 0 Å². The maximum absolute atomic E-state index is 10.9. The Morgan fingerprint density at radius 1 is 1.13 bits per heavy atom. The van der Waals surface area contributed by atoms with Crippen molar-refractivity contribution < 1.29 is 13.2 Å². The van der Waals surface area contributed by atoms with Crippen molar-refractivity contribution in [2.45, 2.75) is 19.3 Å². The van der Waals surface area contributed by atoms with E-state index in [1.165, 1.54) is 38.6 Å². The summed E-state index contributed by atoms with van der Waals surface area (Å²) in [6, 6.07) is 0. The molecule has 0 saturated carbocycles. The first-order chi connectivity index (χ1) is 10.5. The number of halogens is 1. The van der Waals surface area contributed by atoms with Gasteiger partial charge < -0.3 is 20.3 Å². The van der Waals surface area contributed by atoms with Crippen LogP contribution < -0.4 is 10.6 Å². The fraction of sp³-hybridized carbons (Fsp3) is 0.929. The van der Waals surface area contributed by atoms with Gasteiger partial charge in [0.25, 0.3) is 0 Å². The first-order valence-electron chi connectivity index (χ1n) is 7.93. The lowest BCUT2D eigenvalue weighted by atomic mass is 10.1. The third-order valence-corrected chi connectivity index (χ3v) is 4.44. The predicted molar refractivity (Wildman–Crippen MR) is 106 cm³/mol. The highest BCUT2D eigenvalue weighted by Crippen LogP contribution is 2.07. The number of aliphatic imine (C=N–C) groups is 1. The Hall–Kier alpha value is -0.130. The molecule has 0 aliphatic carbocycles. The third kappa shape index (κ3) is 12.9. The number of rotatable bonds is 9. The Morgan fingerprint density at radius 3 is 2.39 bits per heavy atom. The van der Waals surface area contributed by atoms with Crippen LogP contribution in [0.2, 0.25) is 0 Å². The number of hydrogen-bond donors (Lipinski definition) is 2. The van der Waals surface area contributed by atoms with E-state index in [9.17, 15) is 8.42 Å². The van der Waals surface area contributed by atoms with Crippen molar-refractivity contribution in [1.29, 1.82) is 0 Å². The highest BCUT2D eigenvalue weighted by atomic mass is 127. The maximum atomic E-state index is 10.9. The van der Waals surface area contributed by atoms with Crippen LogP contribution in [0.25, 0.3) is 0 Å². The smallest absolute Gasteiger partial charge is 0.191 e. The quantitative estimate of drug-likeness (QED) is 0.222. The Morgan fingerprint density at radius 2 is 1.78 bits per heavy atom. The summed E-state index contributed by atoms with van der Waals surface area (Å²) in [5, 5.41) is 6.43. The molecular formula is C14H31IN4O3S. The summed E-state index contributed by atoms with van der Waals surface area (Å²) in [5.41, 5.74) is 0. The van der Waals surface area contributed by atoms with Crippen LogP contribution in [0.3, 0.4) is 0 Å². The predicted octanol–water partition coefficient (Wildman–Crippen LogP) is 0.317. The standard InChI is InChI=1S/C14H30N4O3S.HI/c1-15-14(16-6-10-18-8-4-3-5-9-18)17-7-11-21-12-13-22(2,19)20;/h3-13H2,1-2H3,(H2,15,16,17);1H. The molecule has 0 radical (unpaired) electrons. The molecule has 23 heavy (non-hydrogen) atoms. The zero-order valence-electron chi connectivity index (χ0n) is 14.2. The monoisotopic (exact) mass is 462 g/mol. The van der Waals surface area contributed by atoms with Gasteiger partial charge in [-0.25, -0.2) is 8.42 Å². The van der Waals surface area contributed by atoms with Gasteiger partial charge in [0.1, 0.15) is 9.84 Å². The molecule has 2 N–H and O–H groups in total. The van der Waals surface area contributed by atoms with Gasteiger partial charge in [-0.3, -0.25) is 4.99 Å². The van der Waals surface area contributed by atoms with Gasteiger partial charge in [-0.15, -0.1) is 24.0 Å². The van der Waals surface area contributed by atoms with E-state index in [1.54, 1.807) is 7.05 Å². The summed E-state index contributed by atoms with van der Waals surface area (Å²) in [7, 11) is -1.20. The molecule has 9 heteroatoms. The van der Waals surface area contributed by atoms with Crippen molar-refractivity contribution in [3.05, 3.63) is 0 Å². The van der Waals surface area contributed by atoms with Gasteiger partial charge in [0.2, 0.25) is 0 Å². The Balaban J connectivity index is 0.00000484. The third-order valence-electron chi connectivity index (χ3n) is 3.53. The highest BCUT2D eigenvalue weighted by molar-refractivity contribution is 14.0. The topological polar surface area (TPSA) is 83.0 Å². The first kappa shape index (κ1) is 22.9. The zero-order valence-corrected chi connectivity index (χ0v) is 17.4. The molecule has 0 amide bonds. The van der Waals surface area contributed by atoms with Crippen LogP contribution in [0, 0.1) is 0 Å². The molecular weight excluding hydrogens is 431 g/mol. The lowest BCUT2D eigenvalue weighted by Crippen LogP contribution is -2.43. The second kappa shape index (κ2) is 13.2. The van der Waals surface area contributed by atoms with Gasteiger partial charge in [-0.1, -0.05) is 6.42 Å². The molecule has 1 aliphatic heterocycles. The maximum Gasteiger partial charge on any atom is 0.191 e. The van der Waals surface area contributed by atoms with E-state index in [0.717, 1.165) is 19.0 Å². The molecule has 1 rings (SSSR count). The van der Waals surface area contributed by atoms with Crippen molar-refractivity contribution in [2.24, 2.45) is 4.99 Å². The molecule has 1 fully saturated rings. The molecule has 0 aromatic heterocycles. The van der Waals surface area contributed by atoms with E-state index in [0.29, 0.717) is 13.2 Å². The van der Waals surface area contributed by atoms with Crippen molar-refractivity contribution in [1.82, 2.24) is 15.5 Å². The highest BCUT2D eigenvalue weighted by Gasteiger charge is 2.09. The Labute approximate surface area is 157 Å². The van der Waals surface area contributed by atoms with Crippen molar-refractivity contribution in [3.63, 3.8) is 0 Å². The molecule has 138 valence electrons. The Kier molecular flexibility index (Phi) is 13.1. The SMILES string of the molecule is CN=C(NCCOCCS(C)(=O)=O)NCCN1CCCCC1.I. The number of piperidine rings is 1. The van der Waals surface area contributed by atoms with Crippen LogP contribution in [-0.2, 0) is 14.6 Å². The van der Waals surface area contributed by atoms with Gasteiger partial charge in [-0.2, -0.15) is 0 Å². The van der Waals surface area contributed by atoms with Gasteiger partial charge in [0.05, 0.1) is 19.0 Å². The minimum Gasteiger partial charge on any atom is -0.379 e. The van der Waals surface area contributed by atoms with Gasteiger partial charge >= 0.3 is 0 Å². The van der Waals surface area contributed by atoms with Crippen molar-refractivity contribution >= 4 is 39.8 Å². The van der Waals surface area contributed by atoms with Gasteiger partial charge in [0, 0.05) is 32.9 Å². The zero-order chi connectivity index (χ0) is 16.3. The average Bonchev–Trinajstić information content (AvgIpc) is 2.49. The Bertz CT molecular complexity index is 426. The lowest BCUT2D eigenvalue weighted by molar-refractivity contribution is 0.154. The average molecular weight is 462 g/mol. The number of nitrogens with zero attached hydrogens (tertiary/aromatic N) is 2. The van der Waals surface area contributed by atoms with Crippen LogP contribution in [-0.4, -0.2) is 84.3 Å². The van der Waals surface area contributed by atoms with E-state index in [1.807, 2.05) is 0 Å². The molecule has 1 heterocycles. The number of hydrogen-bond acceptors (Lipinski definition) is 5. The normalized spacial score (nSPS) is 16.7. The number of ether oxygens (including phenoxy) is 1. The summed E-state index contributed by atoms with van der Waals surface area (Å²) in [5.74, 6) is 0.819. The minimum absolute atomic E-state index is 0. The number of guanidine groups is 1. The first-order valence-corrected chi connectivity index (χ1v) is 9.99. The molecule has 7 nitrogen and oxygen atoms in total. The van der Waals surface area contributed by atoms with E-state index in [2.05, 4.69) is 20.5 Å². The molecule has 1 saturated heterocycles. The van der Waals surface area contributed by atoms with E-state index in [-0.39, 0.29) is 36.3 Å². The molecule has 1 aliphatic rings. The van der Waals surface area contributed by atoms with Crippen LogP contribution in [0.4, 0.5) is 0 Å². The summed E-state index contributed by atoms with van der Waals surface area (Å²) in [6.07, 6.45) is 5.17. The molecule has 0 aromatic rings. The number of sulfone groups is 1. The van der Waals surface area contributed by atoms with Gasteiger partial charge in [0.15, 0.2) is 5.96 Å². The van der Waals surface area contributed by atoms with Crippen LogP contribution in [0.5, 0.6) is 0 Å². The number of nitrogens with one attached hydrogen (secondary N) is 2. The molecule has 0 atom stereocenters. The summed E-state index contributed by atoms with van der Waals surface area (Å²) >= 11 is 0. The summed E-state index contributed by atoms with van der Waals surface area (Å²) in [6.45, 7) is 5.60. The fourth-order valence-electron chi connectivity index (χ4n) is 2.29. The molecule has 0 unspecified atom stereocenters. The summed E-state index contributed by atoms with van der Waals surface area (Å²) < 4.78 is 27.1. The minimum atomic E-state index is -2.94. The van der Waals surface area contributed by atoms with Crippen LogP contribution >= 0.6 is 24.0 Å². The second-order valence-corrected chi connectivity index (χ2v) is 7.83. The second-order valence-electron chi connectivity index (χ2n) is 5.57. The van der Waals surface area contributed by atoms with Crippen molar-refractivity contribution in [3.8, 4) is 0 Å². The van der Waals surface area contributed by atoms with E-state index < -0.39 is 9.84 Å². The van der Waals surface area contributed by atoms with Gasteiger partial charge in [-0.05, 0) is 25.9 Å². The molecule has 0 aromatic carbocycles. The summed E-state index contributed by atoms with van der Waals surface area (Å²) in [4.78, 5) is 6.62. The lowest BCUT2D eigenvalue weighted by Gasteiger charge is -2.26. The number of likely N-dealkylation sites (tertiary alicyclic amines) is 1. The van der Waals surface area contributed by atoms with E-state index in [4.69, 9.17) is 4.74 Å². The fourth-order valence-corrected chi connectivity index (χ4v) is 2.71.